The van der Waals surface area contributed by atoms with Crippen LogP contribution in [-0.2, 0) is 6.54 Å². The maximum absolute atomic E-state index is 12.7. The zero-order valence-electron chi connectivity index (χ0n) is 13.2. The number of hydrogen-bond donors (Lipinski definition) is 2. The number of aromatic nitrogens is 3. The molecular formula is C18H18N4O2. The molecule has 0 aliphatic heterocycles. The second kappa shape index (κ2) is 5.96. The summed E-state index contributed by atoms with van der Waals surface area (Å²) < 4.78 is 1.86. The molecule has 6 nitrogen and oxygen atoms in total. The van der Waals surface area contributed by atoms with Gasteiger partial charge in [0.15, 0.2) is 0 Å². The van der Waals surface area contributed by atoms with Crippen LogP contribution in [0.25, 0.3) is 10.9 Å². The number of rotatable bonds is 4. The third-order valence-electron chi connectivity index (χ3n) is 4.62. The molecule has 6 heteroatoms. The van der Waals surface area contributed by atoms with Crippen molar-refractivity contribution in [3.05, 3.63) is 58.5 Å². The summed E-state index contributed by atoms with van der Waals surface area (Å²) in [7, 11) is 0. The highest BCUT2D eigenvalue weighted by atomic mass is 16.1. The summed E-state index contributed by atoms with van der Waals surface area (Å²) >= 11 is 0. The van der Waals surface area contributed by atoms with E-state index in [-0.39, 0.29) is 11.5 Å². The molecular weight excluding hydrogens is 304 g/mol. The number of nitrogens with zero attached hydrogens (tertiary/aromatic N) is 2. The van der Waals surface area contributed by atoms with Crippen molar-refractivity contribution in [3.8, 4) is 0 Å². The zero-order valence-corrected chi connectivity index (χ0v) is 13.2. The summed E-state index contributed by atoms with van der Waals surface area (Å²) in [6.45, 7) is 0.839. The van der Waals surface area contributed by atoms with Gasteiger partial charge in [0, 0.05) is 35.1 Å². The molecule has 4 rings (SSSR count). The van der Waals surface area contributed by atoms with Gasteiger partial charge in [-0.15, -0.1) is 0 Å². The number of H-pyrrole nitrogens is 1. The predicted octanol–water partition coefficient (Wildman–Crippen LogP) is 2.78. The minimum atomic E-state index is -0.206. The van der Waals surface area contributed by atoms with Crippen LogP contribution in [0.3, 0.4) is 0 Å². The van der Waals surface area contributed by atoms with Crippen molar-refractivity contribution in [2.45, 2.75) is 25.8 Å². The number of hydrogen-bond acceptors (Lipinski definition) is 3. The zero-order chi connectivity index (χ0) is 16.5. The molecule has 0 unspecified atom stereocenters. The number of fused-ring (bicyclic) bond motifs is 1. The third-order valence-corrected chi connectivity index (χ3v) is 4.62. The van der Waals surface area contributed by atoms with Crippen molar-refractivity contribution in [2.24, 2.45) is 5.92 Å². The van der Waals surface area contributed by atoms with E-state index in [1.165, 1.54) is 25.3 Å². The summed E-state index contributed by atoms with van der Waals surface area (Å²) in [6.07, 6.45) is 5.44. The monoisotopic (exact) mass is 322 g/mol. The normalized spacial score (nSPS) is 14.5. The maximum atomic E-state index is 12.7. The standard InChI is InChI=1S/C18H18N4O2/c23-17-8-7-13-14(5-2-6-15(13)20-17)18(24)21-16-9-10-19-22(16)11-12-3-1-4-12/h2,5-10,12H,1,3-4,11H2,(H,20,23)(H,21,24). The first-order valence-electron chi connectivity index (χ1n) is 8.16. The van der Waals surface area contributed by atoms with Gasteiger partial charge in [0.05, 0.1) is 6.20 Å². The minimum absolute atomic E-state index is 0.182. The molecule has 0 atom stereocenters. The molecule has 3 aromatic rings. The number of nitrogens with one attached hydrogen (secondary N) is 2. The van der Waals surface area contributed by atoms with E-state index < -0.39 is 0 Å². The van der Waals surface area contributed by atoms with Gasteiger partial charge in [0.2, 0.25) is 5.56 Å². The first-order valence-corrected chi connectivity index (χ1v) is 8.16. The molecule has 1 amide bonds. The van der Waals surface area contributed by atoms with Crippen molar-refractivity contribution in [2.75, 3.05) is 5.32 Å². The molecule has 122 valence electrons. The molecule has 1 saturated carbocycles. The lowest BCUT2D eigenvalue weighted by Gasteiger charge is -2.25. The summed E-state index contributed by atoms with van der Waals surface area (Å²) in [6, 6.07) is 10.2. The molecule has 0 spiro atoms. The van der Waals surface area contributed by atoms with Crippen LogP contribution in [0.2, 0.25) is 0 Å². The lowest BCUT2D eigenvalue weighted by Crippen LogP contribution is -2.22. The molecule has 1 aliphatic rings. The Labute approximate surface area is 138 Å². The number of benzene rings is 1. The van der Waals surface area contributed by atoms with Crippen LogP contribution < -0.4 is 10.9 Å². The van der Waals surface area contributed by atoms with E-state index in [2.05, 4.69) is 15.4 Å². The molecule has 24 heavy (non-hydrogen) atoms. The highest BCUT2D eigenvalue weighted by Gasteiger charge is 2.20. The van der Waals surface area contributed by atoms with Gasteiger partial charge in [0.1, 0.15) is 5.82 Å². The van der Waals surface area contributed by atoms with E-state index in [4.69, 9.17) is 0 Å². The fourth-order valence-corrected chi connectivity index (χ4v) is 3.07. The van der Waals surface area contributed by atoms with Crippen LogP contribution in [0.15, 0.2) is 47.4 Å². The first-order chi connectivity index (χ1) is 11.7. The summed E-state index contributed by atoms with van der Waals surface area (Å²) in [5, 5.41) is 7.97. The molecule has 2 N–H and O–H groups in total. The summed E-state index contributed by atoms with van der Waals surface area (Å²) in [4.78, 5) is 26.9. The van der Waals surface area contributed by atoms with Crippen molar-refractivity contribution in [1.82, 2.24) is 14.8 Å². The molecule has 1 aliphatic carbocycles. The van der Waals surface area contributed by atoms with Crippen LogP contribution >= 0.6 is 0 Å². The molecule has 0 radical (unpaired) electrons. The molecule has 0 bridgehead atoms. The molecule has 1 aromatic carbocycles. The lowest BCUT2D eigenvalue weighted by molar-refractivity contribution is 0.102. The maximum Gasteiger partial charge on any atom is 0.257 e. The quantitative estimate of drug-likeness (QED) is 0.775. The van der Waals surface area contributed by atoms with Crippen molar-refractivity contribution >= 4 is 22.6 Å². The second-order valence-corrected chi connectivity index (χ2v) is 6.24. The Bertz CT molecular complexity index is 953. The fraction of sp³-hybridized carbons (Fsp3) is 0.278. The Morgan fingerprint density at radius 1 is 1.25 bits per heavy atom. The van der Waals surface area contributed by atoms with Gasteiger partial charge >= 0.3 is 0 Å². The smallest absolute Gasteiger partial charge is 0.257 e. The van der Waals surface area contributed by atoms with E-state index in [9.17, 15) is 9.59 Å². The lowest BCUT2D eigenvalue weighted by atomic mass is 9.85. The Morgan fingerprint density at radius 2 is 2.12 bits per heavy atom. The number of pyridine rings is 1. The summed E-state index contributed by atoms with van der Waals surface area (Å²) in [5.41, 5.74) is 0.997. The Morgan fingerprint density at radius 3 is 2.92 bits per heavy atom. The minimum Gasteiger partial charge on any atom is -0.322 e. The van der Waals surface area contributed by atoms with Gasteiger partial charge in [-0.05, 0) is 37.0 Å². The van der Waals surface area contributed by atoms with Gasteiger partial charge in [-0.2, -0.15) is 5.10 Å². The SMILES string of the molecule is O=C(Nc1ccnn1CC1CCC1)c1cccc2[nH]c(=O)ccc12. The van der Waals surface area contributed by atoms with Crippen LogP contribution in [0.1, 0.15) is 29.6 Å². The number of aromatic amines is 1. The topological polar surface area (TPSA) is 79.8 Å². The van der Waals surface area contributed by atoms with Crippen LogP contribution in [0, 0.1) is 5.92 Å². The van der Waals surface area contributed by atoms with Crippen molar-refractivity contribution in [3.63, 3.8) is 0 Å². The number of anilines is 1. The van der Waals surface area contributed by atoms with E-state index in [1.54, 1.807) is 30.5 Å². The number of amides is 1. The Kier molecular flexibility index (Phi) is 3.65. The highest BCUT2D eigenvalue weighted by molar-refractivity contribution is 6.12. The van der Waals surface area contributed by atoms with Gasteiger partial charge in [-0.1, -0.05) is 12.5 Å². The predicted molar refractivity (Wildman–Crippen MR) is 92.1 cm³/mol. The fourth-order valence-electron chi connectivity index (χ4n) is 3.07. The van der Waals surface area contributed by atoms with Gasteiger partial charge in [-0.3, -0.25) is 9.59 Å². The van der Waals surface area contributed by atoms with Crippen molar-refractivity contribution < 1.29 is 4.79 Å². The average Bonchev–Trinajstić information content (AvgIpc) is 2.97. The van der Waals surface area contributed by atoms with Gasteiger partial charge in [-0.25, -0.2) is 4.68 Å². The first kappa shape index (κ1) is 14.7. The summed E-state index contributed by atoms with van der Waals surface area (Å²) in [5.74, 6) is 1.15. The Hall–Kier alpha value is -2.89. The van der Waals surface area contributed by atoms with E-state index in [0.29, 0.717) is 22.8 Å². The van der Waals surface area contributed by atoms with Crippen molar-refractivity contribution in [1.29, 1.82) is 0 Å². The van der Waals surface area contributed by atoms with Crippen LogP contribution in [0.4, 0.5) is 5.82 Å². The van der Waals surface area contributed by atoms with Crippen LogP contribution in [-0.4, -0.2) is 20.7 Å². The molecule has 1 fully saturated rings. The van der Waals surface area contributed by atoms with E-state index >= 15 is 0 Å². The van der Waals surface area contributed by atoms with Gasteiger partial charge in [0.25, 0.3) is 5.91 Å². The Balaban J connectivity index is 1.61. The highest BCUT2D eigenvalue weighted by Crippen LogP contribution is 2.28. The second-order valence-electron chi connectivity index (χ2n) is 6.24. The van der Waals surface area contributed by atoms with E-state index in [0.717, 1.165) is 11.9 Å². The molecule has 0 saturated heterocycles. The van der Waals surface area contributed by atoms with Gasteiger partial charge < -0.3 is 10.3 Å². The molecule has 2 heterocycles. The molecule has 2 aromatic heterocycles. The largest absolute Gasteiger partial charge is 0.322 e. The van der Waals surface area contributed by atoms with E-state index in [1.807, 2.05) is 10.7 Å². The van der Waals surface area contributed by atoms with Crippen LogP contribution in [0.5, 0.6) is 0 Å². The number of carbonyl (C=O) groups excluding carboxylic acids is 1. The third kappa shape index (κ3) is 2.71. The average molecular weight is 322 g/mol. The number of carbonyl (C=O) groups is 1.